The standard InChI is InChI=1S/C11H11ClN4S/c1-2-7(5-6-13)14-10-8(12)3-4-9-11(10)16-17-15-9/h3-4,7,14H,2,5H2,1H3. The van der Waals surface area contributed by atoms with E-state index in [1.165, 1.54) is 0 Å². The van der Waals surface area contributed by atoms with E-state index in [1.54, 1.807) is 6.07 Å². The maximum atomic E-state index is 8.74. The average Bonchev–Trinajstić information content (AvgIpc) is 2.80. The molecule has 4 nitrogen and oxygen atoms in total. The number of fused-ring (bicyclic) bond motifs is 1. The van der Waals surface area contributed by atoms with Crippen molar-refractivity contribution in [1.82, 2.24) is 8.75 Å². The third-order valence-electron chi connectivity index (χ3n) is 2.56. The summed E-state index contributed by atoms with van der Waals surface area (Å²) in [6.45, 7) is 2.03. The third-order valence-corrected chi connectivity index (χ3v) is 3.41. The highest BCUT2D eigenvalue weighted by atomic mass is 35.5. The van der Waals surface area contributed by atoms with Gasteiger partial charge in [-0.05, 0) is 18.6 Å². The number of nitrogens with one attached hydrogen (secondary N) is 1. The van der Waals surface area contributed by atoms with E-state index in [9.17, 15) is 0 Å². The molecule has 1 atom stereocenters. The number of anilines is 1. The Labute approximate surface area is 109 Å². The fraction of sp³-hybridized carbons (Fsp3) is 0.364. The fourth-order valence-electron chi connectivity index (χ4n) is 1.58. The molecule has 2 rings (SSSR count). The molecule has 0 fully saturated rings. The zero-order chi connectivity index (χ0) is 12.3. The zero-order valence-electron chi connectivity index (χ0n) is 9.27. The minimum absolute atomic E-state index is 0.0878. The highest BCUT2D eigenvalue weighted by molar-refractivity contribution is 7.00. The Bertz CT molecular complexity index is 560. The van der Waals surface area contributed by atoms with Crippen molar-refractivity contribution in [1.29, 1.82) is 5.26 Å². The molecule has 0 bridgehead atoms. The largest absolute Gasteiger partial charge is 0.378 e. The molecule has 2 aromatic rings. The second-order valence-electron chi connectivity index (χ2n) is 3.67. The van der Waals surface area contributed by atoms with Crippen LogP contribution in [0.15, 0.2) is 12.1 Å². The number of halogens is 1. The van der Waals surface area contributed by atoms with Gasteiger partial charge in [0.15, 0.2) is 0 Å². The summed E-state index contributed by atoms with van der Waals surface area (Å²) in [5, 5.41) is 12.6. The van der Waals surface area contributed by atoms with Crippen LogP contribution in [-0.2, 0) is 0 Å². The Balaban J connectivity index is 2.37. The van der Waals surface area contributed by atoms with E-state index in [1.807, 2.05) is 13.0 Å². The van der Waals surface area contributed by atoms with Crippen LogP contribution >= 0.6 is 23.3 Å². The first kappa shape index (κ1) is 12.1. The molecule has 1 unspecified atom stereocenters. The fourth-order valence-corrected chi connectivity index (χ4v) is 2.33. The molecule has 0 saturated heterocycles. The molecule has 0 aliphatic rings. The van der Waals surface area contributed by atoms with Crippen LogP contribution in [0.2, 0.25) is 5.02 Å². The maximum absolute atomic E-state index is 8.74. The number of hydrogen-bond donors (Lipinski definition) is 1. The zero-order valence-corrected chi connectivity index (χ0v) is 10.8. The van der Waals surface area contributed by atoms with Gasteiger partial charge >= 0.3 is 0 Å². The first-order chi connectivity index (χ1) is 8.26. The molecule has 0 radical (unpaired) electrons. The lowest BCUT2D eigenvalue weighted by Crippen LogP contribution is -2.18. The molecule has 1 heterocycles. The summed E-state index contributed by atoms with van der Waals surface area (Å²) < 4.78 is 8.39. The summed E-state index contributed by atoms with van der Waals surface area (Å²) in [6, 6.07) is 5.89. The Morgan fingerprint density at radius 1 is 1.53 bits per heavy atom. The molecule has 88 valence electrons. The van der Waals surface area contributed by atoms with Crippen LogP contribution in [0, 0.1) is 11.3 Å². The Hall–Kier alpha value is -1.38. The number of aromatic nitrogens is 2. The van der Waals surface area contributed by atoms with Crippen LogP contribution in [-0.4, -0.2) is 14.8 Å². The van der Waals surface area contributed by atoms with Gasteiger partial charge in [0.05, 0.1) is 34.9 Å². The normalized spacial score (nSPS) is 12.3. The second kappa shape index (κ2) is 5.30. The molecule has 1 aromatic heterocycles. The van der Waals surface area contributed by atoms with Gasteiger partial charge in [-0.15, -0.1) is 0 Å². The Kier molecular flexibility index (Phi) is 3.77. The van der Waals surface area contributed by atoms with Crippen molar-refractivity contribution in [2.45, 2.75) is 25.8 Å². The molecule has 6 heteroatoms. The van der Waals surface area contributed by atoms with Crippen molar-refractivity contribution >= 4 is 40.0 Å². The smallest absolute Gasteiger partial charge is 0.129 e. The van der Waals surface area contributed by atoms with Crippen molar-refractivity contribution in [3.63, 3.8) is 0 Å². The second-order valence-corrected chi connectivity index (χ2v) is 4.60. The first-order valence-electron chi connectivity index (χ1n) is 5.30. The van der Waals surface area contributed by atoms with E-state index in [0.29, 0.717) is 11.4 Å². The lowest BCUT2D eigenvalue weighted by molar-refractivity contribution is 0.712. The van der Waals surface area contributed by atoms with Crippen molar-refractivity contribution in [2.24, 2.45) is 0 Å². The van der Waals surface area contributed by atoms with Gasteiger partial charge in [-0.2, -0.15) is 14.0 Å². The van der Waals surface area contributed by atoms with Gasteiger partial charge < -0.3 is 5.32 Å². The number of nitriles is 1. The van der Waals surface area contributed by atoms with E-state index in [2.05, 4.69) is 20.1 Å². The number of hydrogen-bond acceptors (Lipinski definition) is 5. The summed E-state index contributed by atoms with van der Waals surface area (Å²) in [6.07, 6.45) is 1.30. The summed E-state index contributed by atoms with van der Waals surface area (Å²) in [5.74, 6) is 0. The Morgan fingerprint density at radius 2 is 2.35 bits per heavy atom. The SMILES string of the molecule is CCC(CC#N)Nc1c(Cl)ccc2nsnc12. The van der Waals surface area contributed by atoms with Gasteiger partial charge in [0, 0.05) is 6.04 Å². The van der Waals surface area contributed by atoms with Crippen molar-refractivity contribution in [3.05, 3.63) is 17.2 Å². The van der Waals surface area contributed by atoms with Crippen molar-refractivity contribution in [2.75, 3.05) is 5.32 Å². The topological polar surface area (TPSA) is 61.6 Å². The van der Waals surface area contributed by atoms with E-state index in [-0.39, 0.29) is 6.04 Å². The molecule has 0 amide bonds. The van der Waals surface area contributed by atoms with Gasteiger partial charge in [0.1, 0.15) is 11.0 Å². The summed E-state index contributed by atoms with van der Waals surface area (Å²) in [7, 11) is 0. The molecular formula is C11H11ClN4S. The van der Waals surface area contributed by atoms with Gasteiger partial charge in [0.25, 0.3) is 0 Å². The van der Waals surface area contributed by atoms with Gasteiger partial charge in [-0.3, -0.25) is 0 Å². The van der Waals surface area contributed by atoms with Gasteiger partial charge in [0.2, 0.25) is 0 Å². The van der Waals surface area contributed by atoms with Crippen molar-refractivity contribution in [3.8, 4) is 6.07 Å². The highest BCUT2D eigenvalue weighted by Crippen LogP contribution is 2.30. The first-order valence-corrected chi connectivity index (χ1v) is 6.41. The summed E-state index contributed by atoms with van der Waals surface area (Å²) >= 11 is 7.31. The van der Waals surface area contributed by atoms with Gasteiger partial charge in [-0.25, -0.2) is 0 Å². The molecule has 1 aromatic carbocycles. The number of nitrogens with zero attached hydrogens (tertiary/aromatic N) is 3. The minimum atomic E-state index is 0.0878. The monoisotopic (exact) mass is 266 g/mol. The van der Waals surface area contributed by atoms with Crippen molar-refractivity contribution < 1.29 is 0 Å². The number of rotatable bonds is 4. The molecule has 1 N–H and O–H groups in total. The summed E-state index contributed by atoms with van der Waals surface area (Å²) in [5.41, 5.74) is 2.38. The minimum Gasteiger partial charge on any atom is -0.378 e. The lowest BCUT2D eigenvalue weighted by Gasteiger charge is -2.16. The quantitative estimate of drug-likeness (QED) is 0.921. The molecule has 0 spiro atoms. The lowest BCUT2D eigenvalue weighted by atomic mass is 10.1. The molecule has 0 aliphatic heterocycles. The molecular weight excluding hydrogens is 256 g/mol. The average molecular weight is 267 g/mol. The maximum Gasteiger partial charge on any atom is 0.129 e. The van der Waals surface area contributed by atoms with E-state index >= 15 is 0 Å². The van der Waals surface area contributed by atoms with Crippen LogP contribution < -0.4 is 5.32 Å². The van der Waals surface area contributed by atoms with Crippen LogP contribution in [0.1, 0.15) is 19.8 Å². The molecule has 17 heavy (non-hydrogen) atoms. The number of benzene rings is 1. The van der Waals surface area contributed by atoms with E-state index in [4.69, 9.17) is 16.9 Å². The van der Waals surface area contributed by atoms with Gasteiger partial charge in [-0.1, -0.05) is 18.5 Å². The van der Waals surface area contributed by atoms with Crippen LogP contribution in [0.3, 0.4) is 0 Å². The van der Waals surface area contributed by atoms with Crippen LogP contribution in [0.25, 0.3) is 11.0 Å². The van der Waals surface area contributed by atoms with Crippen LogP contribution in [0.5, 0.6) is 0 Å². The molecule has 0 aliphatic carbocycles. The highest BCUT2D eigenvalue weighted by Gasteiger charge is 2.13. The van der Waals surface area contributed by atoms with E-state index in [0.717, 1.165) is 34.9 Å². The summed E-state index contributed by atoms with van der Waals surface area (Å²) in [4.78, 5) is 0. The predicted molar refractivity (Wildman–Crippen MR) is 70.4 cm³/mol. The Morgan fingerprint density at radius 3 is 3.06 bits per heavy atom. The van der Waals surface area contributed by atoms with E-state index < -0.39 is 0 Å². The predicted octanol–water partition coefficient (Wildman–Crippen LogP) is 3.45. The van der Waals surface area contributed by atoms with Crippen LogP contribution in [0.4, 0.5) is 5.69 Å². The third kappa shape index (κ3) is 2.48. The molecule has 0 saturated carbocycles.